The van der Waals surface area contributed by atoms with Crippen LogP contribution >= 0.6 is 0 Å². The zero-order valence-corrected chi connectivity index (χ0v) is 17.5. The number of rotatable bonds is 5. The number of ether oxygens (including phenoxy) is 2. The summed E-state index contributed by atoms with van der Waals surface area (Å²) in [6, 6.07) is 14.9. The van der Waals surface area contributed by atoms with Gasteiger partial charge in [0.15, 0.2) is 0 Å². The zero-order valence-electron chi connectivity index (χ0n) is 17.5. The van der Waals surface area contributed by atoms with Gasteiger partial charge in [-0.15, -0.1) is 0 Å². The van der Waals surface area contributed by atoms with Gasteiger partial charge in [0, 0.05) is 4.92 Å². The highest BCUT2D eigenvalue weighted by molar-refractivity contribution is 6.02. The number of esters is 2. The molecule has 32 heavy (non-hydrogen) atoms. The number of nitro groups is 1. The van der Waals surface area contributed by atoms with Crippen LogP contribution in [0.25, 0.3) is 0 Å². The normalized spacial score (nSPS) is 24.1. The first-order chi connectivity index (χ1) is 15.3. The van der Waals surface area contributed by atoms with E-state index in [1.54, 1.807) is 30.3 Å². The summed E-state index contributed by atoms with van der Waals surface area (Å²) in [6.45, 7) is 0. The molecule has 9 heteroatoms. The molecule has 1 saturated carbocycles. The monoisotopic (exact) mass is 438 g/mol. The van der Waals surface area contributed by atoms with Gasteiger partial charge in [0.05, 0.1) is 43.8 Å². The van der Waals surface area contributed by atoms with Crippen LogP contribution in [0.2, 0.25) is 0 Å². The van der Waals surface area contributed by atoms with Crippen LogP contribution < -0.4 is 0 Å². The van der Waals surface area contributed by atoms with Crippen molar-refractivity contribution in [3.05, 3.63) is 81.4 Å². The Kier molecular flexibility index (Phi) is 6.55. The summed E-state index contributed by atoms with van der Waals surface area (Å²) in [5.74, 6) is -4.46. The van der Waals surface area contributed by atoms with E-state index < -0.39 is 46.3 Å². The lowest BCUT2D eigenvalue weighted by Gasteiger charge is -2.46. The number of hydrogen-bond donors (Lipinski definition) is 1. The standard InChI is InChI=1S/C23H22N2O7/c1-31-21(27)23(22(28)32-2)18(26)12-17(15-6-4-3-5-7-15)20(25(29)30)19(23)16-10-8-14(13-24)9-11-16/h3-11,17-20,26H,12H2,1-2H3/t17-,18-,19+,20+/m1/s1. The van der Waals surface area contributed by atoms with E-state index in [-0.39, 0.29) is 12.0 Å². The third kappa shape index (κ3) is 3.59. The average molecular weight is 438 g/mol. The Bertz CT molecular complexity index is 1030. The van der Waals surface area contributed by atoms with Crippen LogP contribution in [-0.2, 0) is 19.1 Å². The summed E-state index contributed by atoms with van der Waals surface area (Å²) in [6.07, 6.45) is -1.85. The van der Waals surface area contributed by atoms with Gasteiger partial charge in [-0.1, -0.05) is 42.5 Å². The fraction of sp³-hybridized carbons (Fsp3) is 0.348. The SMILES string of the molecule is COC(=O)C1(C(=O)OC)[C@H](O)C[C@H](c2ccccc2)[C@H]([N+](=O)[O-])[C@@H]1c1ccc(C#N)cc1. The van der Waals surface area contributed by atoms with Crippen molar-refractivity contribution in [2.45, 2.75) is 30.4 Å². The maximum absolute atomic E-state index is 13.1. The number of benzene rings is 2. The van der Waals surface area contributed by atoms with Gasteiger partial charge in [-0.2, -0.15) is 5.26 Å². The van der Waals surface area contributed by atoms with Crippen LogP contribution in [0.15, 0.2) is 54.6 Å². The Labute approximate surface area is 184 Å². The zero-order chi connectivity index (χ0) is 23.5. The Balaban J connectivity index is 2.33. The van der Waals surface area contributed by atoms with E-state index in [4.69, 9.17) is 14.7 Å². The van der Waals surface area contributed by atoms with E-state index in [1.807, 2.05) is 6.07 Å². The first-order valence-electron chi connectivity index (χ1n) is 9.86. The molecule has 1 fully saturated rings. The molecular weight excluding hydrogens is 416 g/mol. The second-order valence-corrected chi connectivity index (χ2v) is 7.61. The van der Waals surface area contributed by atoms with Crippen molar-refractivity contribution in [1.82, 2.24) is 0 Å². The van der Waals surface area contributed by atoms with E-state index in [2.05, 4.69) is 0 Å². The smallest absolute Gasteiger partial charge is 0.326 e. The molecule has 0 amide bonds. The largest absolute Gasteiger partial charge is 0.468 e. The molecule has 1 N–H and O–H groups in total. The molecule has 0 spiro atoms. The van der Waals surface area contributed by atoms with Crippen molar-refractivity contribution in [3.63, 3.8) is 0 Å². The van der Waals surface area contributed by atoms with Gasteiger partial charge in [-0.05, 0) is 29.7 Å². The molecular formula is C23H22N2O7. The molecule has 0 heterocycles. The summed E-state index contributed by atoms with van der Waals surface area (Å²) in [4.78, 5) is 38.0. The third-order valence-corrected chi connectivity index (χ3v) is 6.16. The molecule has 0 unspecified atom stereocenters. The Morgan fingerprint density at radius 1 is 1.06 bits per heavy atom. The van der Waals surface area contributed by atoms with E-state index in [0.717, 1.165) is 14.2 Å². The van der Waals surface area contributed by atoms with Crippen LogP contribution in [0.5, 0.6) is 0 Å². The minimum Gasteiger partial charge on any atom is -0.468 e. The Hall–Kier alpha value is -3.77. The number of nitrogens with zero attached hydrogens (tertiary/aromatic N) is 2. The Morgan fingerprint density at radius 2 is 1.62 bits per heavy atom. The second kappa shape index (κ2) is 9.16. The summed E-state index contributed by atoms with van der Waals surface area (Å²) < 4.78 is 9.75. The van der Waals surface area contributed by atoms with E-state index in [1.165, 1.54) is 24.3 Å². The molecule has 0 saturated heterocycles. The minimum atomic E-state index is -2.36. The molecule has 1 aliphatic rings. The highest BCUT2D eigenvalue weighted by Gasteiger charge is 2.69. The van der Waals surface area contributed by atoms with Gasteiger partial charge in [-0.3, -0.25) is 19.7 Å². The van der Waals surface area contributed by atoms with Crippen molar-refractivity contribution in [3.8, 4) is 6.07 Å². The molecule has 2 aromatic carbocycles. The number of hydrogen-bond acceptors (Lipinski definition) is 8. The second-order valence-electron chi connectivity index (χ2n) is 7.61. The van der Waals surface area contributed by atoms with Gasteiger partial charge in [0.2, 0.25) is 11.5 Å². The molecule has 0 radical (unpaired) electrons. The van der Waals surface area contributed by atoms with Crippen molar-refractivity contribution in [2.24, 2.45) is 5.41 Å². The molecule has 4 atom stereocenters. The minimum absolute atomic E-state index is 0.230. The van der Waals surface area contributed by atoms with Crippen LogP contribution in [0.1, 0.15) is 34.9 Å². The molecule has 2 aromatic rings. The molecule has 0 bridgehead atoms. The summed E-state index contributed by atoms with van der Waals surface area (Å²) in [5.41, 5.74) is -1.23. The number of methoxy groups -OCH3 is 2. The van der Waals surface area contributed by atoms with Crippen LogP contribution in [-0.4, -0.2) is 48.3 Å². The summed E-state index contributed by atoms with van der Waals surface area (Å²) in [5, 5.41) is 32.8. The van der Waals surface area contributed by atoms with Gasteiger partial charge in [0.25, 0.3) is 0 Å². The fourth-order valence-corrected chi connectivity index (χ4v) is 4.75. The maximum atomic E-state index is 13.1. The van der Waals surface area contributed by atoms with Crippen molar-refractivity contribution < 1.29 is 29.1 Å². The van der Waals surface area contributed by atoms with Crippen molar-refractivity contribution >= 4 is 11.9 Å². The van der Waals surface area contributed by atoms with E-state index in [0.29, 0.717) is 11.1 Å². The number of carbonyl (C=O) groups is 2. The highest BCUT2D eigenvalue weighted by atomic mass is 16.6. The van der Waals surface area contributed by atoms with Gasteiger partial charge in [-0.25, -0.2) is 0 Å². The van der Waals surface area contributed by atoms with Crippen LogP contribution in [0.3, 0.4) is 0 Å². The first-order valence-corrected chi connectivity index (χ1v) is 9.86. The average Bonchev–Trinajstić information content (AvgIpc) is 2.82. The molecule has 0 aromatic heterocycles. The van der Waals surface area contributed by atoms with Gasteiger partial charge >= 0.3 is 11.9 Å². The lowest BCUT2D eigenvalue weighted by molar-refractivity contribution is -0.538. The first kappa shape index (κ1) is 22.9. The van der Waals surface area contributed by atoms with Gasteiger partial charge in [0.1, 0.15) is 0 Å². The van der Waals surface area contributed by atoms with Gasteiger partial charge < -0.3 is 14.6 Å². The maximum Gasteiger partial charge on any atom is 0.326 e. The molecule has 0 aliphatic heterocycles. The lowest BCUT2D eigenvalue weighted by atomic mass is 9.56. The summed E-state index contributed by atoms with van der Waals surface area (Å²) >= 11 is 0. The molecule has 166 valence electrons. The predicted molar refractivity (Wildman–Crippen MR) is 111 cm³/mol. The van der Waals surface area contributed by atoms with Crippen LogP contribution in [0, 0.1) is 26.9 Å². The Morgan fingerprint density at radius 3 is 2.09 bits per heavy atom. The third-order valence-electron chi connectivity index (χ3n) is 6.16. The fourth-order valence-electron chi connectivity index (χ4n) is 4.75. The summed E-state index contributed by atoms with van der Waals surface area (Å²) in [7, 11) is 2.08. The quantitative estimate of drug-likeness (QED) is 0.324. The topological polar surface area (TPSA) is 140 Å². The molecule has 3 rings (SSSR count). The number of aliphatic hydroxyl groups is 1. The predicted octanol–water partition coefficient (Wildman–Crippen LogP) is 2.17. The molecule has 9 nitrogen and oxygen atoms in total. The molecule has 1 aliphatic carbocycles. The van der Waals surface area contributed by atoms with Crippen molar-refractivity contribution in [1.29, 1.82) is 5.26 Å². The highest BCUT2D eigenvalue weighted by Crippen LogP contribution is 2.54. The van der Waals surface area contributed by atoms with Crippen molar-refractivity contribution in [2.75, 3.05) is 14.2 Å². The van der Waals surface area contributed by atoms with Crippen LogP contribution in [0.4, 0.5) is 0 Å². The number of carbonyl (C=O) groups excluding carboxylic acids is 2. The number of nitriles is 1. The van der Waals surface area contributed by atoms with E-state index >= 15 is 0 Å². The number of aliphatic hydroxyl groups excluding tert-OH is 1. The lowest BCUT2D eigenvalue weighted by Crippen LogP contribution is -2.62. The van der Waals surface area contributed by atoms with E-state index in [9.17, 15) is 24.8 Å².